The highest BCUT2D eigenvalue weighted by molar-refractivity contribution is 7.80. The summed E-state index contributed by atoms with van der Waals surface area (Å²) in [6.07, 6.45) is -2.28. The van der Waals surface area contributed by atoms with E-state index in [0.29, 0.717) is 37.6 Å². The molecule has 0 bridgehead atoms. The Hall–Kier alpha value is -2.74. The van der Waals surface area contributed by atoms with Crippen molar-refractivity contribution >= 4 is 40.8 Å². The van der Waals surface area contributed by atoms with Crippen molar-refractivity contribution in [3.63, 3.8) is 0 Å². The van der Waals surface area contributed by atoms with Gasteiger partial charge in [-0.15, -0.1) is 0 Å². The van der Waals surface area contributed by atoms with Crippen LogP contribution >= 0.6 is 12.2 Å². The number of hydrogen-bond acceptors (Lipinski definition) is 9. The lowest BCUT2D eigenvalue weighted by Gasteiger charge is -2.36. The molecule has 0 radical (unpaired) electrons. The van der Waals surface area contributed by atoms with Crippen LogP contribution in [0.1, 0.15) is 0 Å². The number of likely N-dealkylation sites (N-methyl/N-ethyl adjacent to an activating group) is 1. The largest absolute Gasteiger partial charge is 0.474 e. The molecule has 188 valence electrons. The third kappa shape index (κ3) is 6.03. The van der Waals surface area contributed by atoms with Crippen LogP contribution < -0.4 is 9.80 Å². The third-order valence-electron chi connectivity index (χ3n) is 5.65. The van der Waals surface area contributed by atoms with E-state index >= 15 is 0 Å². The monoisotopic (exact) mass is 500 g/mol. The van der Waals surface area contributed by atoms with Gasteiger partial charge < -0.3 is 34.2 Å². The fourth-order valence-corrected chi connectivity index (χ4v) is 3.78. The Labute approximate surface area is 202 Å². The molecule has 2 aliphatic heterocycles. The molecular formula is C21H29FN4O7S. The predicted molar refractivity (Wildman–Crippen MR) is 124 cm³/mol. The molecule has 2 fully saturated rings. The van der Waals surface area contributed by atoms with Crippen molar-refractivity contribution in [2.75, 3.05) is 76.5 Å². The quantitative estimate of drug-likeness (QED) is 0.472. The number of aliphatic hydroxyl groups excluding tert-OH is 2. The summed E-state index contributed by atoms with van der Waals surface area (Å²) in [5, 5.41) is 18.2. The van der Waals surface area contributed by atoms with Crippen LogP contribution in [-0.2, 0) is 19.0 Å². The molecule has 13 heteroatoms. The van der Waals surface area contributed by atoms with Gasteiger partial charge in [-0.2, -0.15) is 0 Å². The summed E-state index contributed by atoms with van der Waals surface area (Å²) in [6, 6.07) is 4.53. The van der Waals surface area contributed by atoms with Gasteiger partial charge in [0.2, 0.25) is 5.91 Å². The standard InChI is InChI=1S/C21H29FN4O7S/c1-23(21(34)31-2)19-10-26(20(30)33-19)14-3-4-17(16(22)9-14)24-5-7-25(8-6-24)18(29)13-32-12-15(28)11-27/h3-4,9,15,19,27-28H,5-8,10-13H2,1-2H3/t15?,19-/m0/s1. The highest BCUT2D eigenvalue weighted by atomic mass is 32.1. The number of rotatable bonds is 8. The number of piperazine rings is 1. The van der Waals surface area contributed by atoms with Crippen molar-refractivity contribution < 1.29 is 38.4 Å². The second-order valence-electron chi connectivity index (χ2n) is 7.89. The zero-order valence-electron chi connectivity index (χ0n) is 19.1. The summed E-state index contributed by atoms with van der Waals surface area (Å²) < 4.78 is 30.4. The van der Waals surface area contributed by atoms with E-state index in [0.717, 1.165) is 0 Å². The molecule has 0 saturated carbocycles. The second kappa shape index (κ2) is 11.6. The maximum atomic E-state index is 15.0. The first-order valence-corrected chi connectivity index (χ1v) is 11.1. The smallest absolute Gasteiger partial charge is 0.416 e. The van der Waals surface area contributed by atoms with E-state index in [1.165, 1.54) is 23.0 Å². The van der Waals surface area contributed by atoms with Crippen LogP contribution in [0, 0.1) is 5.82 Å². The molecule has 2 aliphatic rings. The van der Waals surface area contributed by atoms with Crippen LogP contribution in [0.5, 0.6) is 0 Å². The number of benzene rings is 1. The van der Waals surface area contributed by atoms with E-state index in [9.17, 15) is 19.1 Å². The lowest BCUT2D eigenvalue weighted by molar-refractivity contribution is -0.137. The lowest BCUT2D eigenvalue weighted by atomic mass is 10.2. The Morgan fingerprint density at radius 1 is 1.35 bits per heavy atom. The van der Waals surface area contributed by atoms with Gasteiger partial charge in [0.25, 0.3) is 5.17 Å². The number of amides is 2. The van der Waals surface area contributed by atoms with E-state index in [1.807, 2.05) is 4.90 Å². The molecule has 2 amide bonds. The van der Waals surface area contributed by atoms with E-state index in [1.54, 1.807) is 24.1 Å². The molecule has 2 atom stereocenters. The highest BCUT2D eigenvalue weighted by Gasteiger charge is 2.36. The summed E-state index contributed by atoms with van der Waals surface area (Å²) >= 11 is 5.06. The number of cyclic esters (lactones) is 1. The van der Waals surface area contributed by atoms with E-state index < -0.39 is 30.8 Å². The van der Waals surface area contributed by atoms with Crippen molar-refractivity contribution in [1.82, 2.24) is 9.80 Å². The molecule has 1 unspecified atom stereocenters. The molecule has 1 aromatic carbocycles. The number of thiocarbonyl (C=S) groups is 1. The Bertz CT molecular complexity index is 900. The van der Waals surface area contributed by atoms with E-state index in [-0.39, 0.29) is 30.8 Å². The minimum Gasteiger partial charge on any atom is -0.474 e. The van der Waals surface area contributed by atoms with Gasteiger partial charge in [0.1, 0.15) is 18.5 Å². The Morgan fingerprint density at radius 2 is 2.06 bits per heavy atom. The summed E-state index contributed by atoms with van der Waals surface area (Å²) in [4.78, 5) is 30.8. The van der Waals surface area contributed by atoms with E-state index in [4.69, 9.17) is 31.5 Å². The Kier molecular flexibility index (Phi) is 8.83. The number of aliphatic hydroxyl groups is 2. The summed E-state index contributed by atoms with van der Waals surface area (Å²) in [7, 11) is 3.07. The molecule has 11 nitrogen and oxygen atoms in total. The van der Waals surface area contributed by atoms with Gasteiger partial charge >= 0.3 is 6.09 Å². The fourth-order valence-electron chi connectivity index (χ4n) is 3.67. The second-order valence-corrected chi connectivity index (χ2v) is 8.23. The summed E-state index contributed by atoms with van der Waals surface area (Å²) in [5.41, 5.74) is 0.737. The maximum Gasteiger partial charge on any atom is 0.416 e. The Balaban J connectivity index is 1.55. The van der Waals surface area contributed by atoms with Gasteiger partial charge in [-0.3, -0.25) is 14.6 Å². The zero-order chi connectivity index (χ0) is 24.8. The highest BCUT2D eigenvalue weighted by Crippen LogP contribution is 2.29. The summed E-state index contributed by atoms with van der Waals surface area (Å²) in [5.74, 6) is -0.726. The van der Waals surface area contributed by atoms with Crippen molar-refractivity contribution in [1.29, 1.82) is 0 Å². The average Bonchev–Trinajstić information content (AvgIpc) is 3.24. The maximum absolute atomic E-state index is 15.0. The number of carbonyl (C=O) groups is 2. The van der Waals surface area contributed by atoms with Crippen molar-refractivity contribution in [3.8, 4) is 0 Å². The SMILES string of the molecule is COC(=S)N(C)[C@@H]1CN(c2ccc(N3CCN(C(=O)COCC(O)CO)CC3)c(F)c2)C(=O)O1. The first-order valence-electron chi connectivity index (χ1n) is 10.7. The van der Waals surface area contributed by atoms with Gasteiger partial charge in [-0.1, -0.05) is 0 Å². The van der Waals surface area contributed by atoms with Gasteiger partial charge in [0.15, 0.2) is 6.23 Å². The zero-order valence-corrected chi connectivity index (χ0v) is 19.9. The van der Waals surface area contributed by atoms with Crippen LogP contribution in [0.2, 0.25) is 0 Å². The molecule has 0 aliphatic carbocycles. The predicted octanol–water partition coefficient (Wildman–Crippen LogP) is -0.0101. The Morgan fingerprint density at radius 3 is 2.68 bits per heavy atom. The first-order chi connectivity index (χ1) is 16.2. The van der Waals surface area contributed by atoms with Gasteiger partial charge in [-0.05, 0) is 30.4 Å². The molecule has 2 heterocycles. The normalized spacial score (nSPS) is 19.1. The number of anilines is 2. The number of halogens is 1. The minimum absolute atomic E-state index is 0.125. The van der Waals surface area contributed by atoms with Crippen LogP contribution in [0.25, 0.3) is 0 Å². The molecule has 2 N–H and O–H groups in total. The lowest BCUT2D eigenvalue weighted by Crippen LogP contribution is -2.50. The number of carbonyl (C=O) groups excluding carboxylic acids is 2. The molecule has 0 aromatic heterocycles. The van der Waals surface area contributed by atoms with Crippen LogP contribution in [0.15, 0.2) is 18.2 Å². The van der Waals surface area contributed by atoms with Crippen molar-refractivity contribution in [2.45, 2.75) is 12.3 Å². The topological polar surface area (TPSA) is 115 Å². The van der Waals surface area contributed by atoms with Crippen molar-refractivity contribution in [3.05, 3.63) is 24.0 Å². The molecule has 34 heavy (non-hydrogen) atoms. The minimum atomic E-state index is -1.02. The molecule has 0 spiro atoms. The summed E-state index contributed by atoms with van der Waals surface area (Å²) in [6.45, 7) is 1.03. The van der Waals surface area contributed by atoms with Gasteiger partial charge in [0.05, 0.1) is 38.2 Å². The van der Waals surface area contributed by atoms with Crippen LogP contribution in [0.4, 0.5) is 20.6 Å². The fraction of sp³-hybridized carbons (Fsp3) is 0.571. The molecule has 1 aromatic rings. The molecule has 2 saturated heterocycles. The first kappa shape index (κ1) is 25.9. The number of methoxy groups -OCH3 is 1. The number of hydrogen-bond donors (Lipinski definition) is 2. The third-order valence-corrected chi connectivity index (χ3v) is 6.11. The van der Waals surface area contributed by atoms with Gasteiger partial charge in [0, 0.05) is 33.2 Å². The van der Waals surface area contributed by atoms with Crippen LogP contribution in [0.3, 0.4) is 0 Å². The van der Waals surface area contributed by atoms with Gasteiger partial charge in [-0.25, -0.2) is 9.18 Å². The number of nitrogens with zero attached hydrogens (tertiary/aromatic N) is 4. The molecular weight excluding hydrogens is 471 g/mol. The average molecular weight is 501 g/mol. The van der Waals surface area contributed by atoms with E-state index in [2.05, 4.69) is 0 Å². The van der Waals surface area contributed by atoms with Crippen molar-refractivity contribution in [2.24, 2.45) is 0 Å². The molecule has 3 rings (SSSR count). The number of ether oxygens (including phenoxy) is 3. The van der Waals surface area contributed by atoms with Crippen LogP contribution in [-0.4, -0.2) is 116 Å².